The molecule has 0 saturated carbocycles. The summed E-state index contributed by atoms with van der Waals surface area (Å²) in [5.41, 5.74) is 0. The van der Waals surface area contributed by atoms with Gasteiger partial charge in [-0.2, -0.15) is 0 Å². The minimum absolute atomic E-state index is 0.0773. The van der Waals surface area contributed by atoms with E-state index in [4.69, 9.17) is 4.74 Å². The molecular weight excluding hydrogens is 231 g/mol. The number of hydrogen-bond acceptors (Lipinski definition) is 3. The van der Waals surface area contributed by atoms with E-state index in [-0.39, 0.29) is 21.2 Å². The zero-order valence-corrected chi connectivity index (χ0v) is 7.75. The van der Waals surface area contributed by atoms with Gasteiger partial charge in [-0.05, 0) is 0 Å². The molecule has 0 aromatic rings. The van der Waals surface area contributed by atoms with Gasteiger partial charge in [0, 0.05) is 0 Å². The summed E-state index contributed by atoms with van der Waals surface area (Å²) in [5, 5.41) is 7.06. The Morgan fingerprint density at radius 2 is 2.44 bits per heavy atom. The van der Waals surface area contributed by atoms with Gasteiger partial charge in [-0.3, -0.25) is 0 Å². The molecule has 0 atom stereocenters. The van der Waals surface area contributed by atoms with Crippen molar-refractivity contribution in [3.05, 3.63) is 0 Å². The Hall–Kier alpha value is -0.130. The van der Waals surface area contributed by atoms with Crippen LogP contribution in [0.4, 0.5) is 0 Å². The SMILES string of the molecule is C=N/N=C(/OCC)[I-]C. The molecule has 0 unspecified atom stereocenters. The summed E-state index contributed by atoms with van der Waals surface area (Å²) in [6.07, 6.45) is 0. The van der Waals surface area contributed by atoms with Crippen LogP contribution >= 0.6 is 0 Å². The van der Waals surface area contributed by atoms with Crippen molar-refractivity contribution in [2.75, 3.05) is 11.5 Å². The number of rotatable bonds is 3. The molecule has 4 heteroatoms. The van der Waals surface area contributed by atoms with Crippen LogP contribution in [0.3, 0.4) is 0 Å². The Labute approximate surface area is 65.5 Å². The van der Waals surface area contributed by atoms with Crippen molar-refractivity contribution >= 4 is 10.6 Å². The average molecular weight is 241 g/mol. The van der Waals surface area contributed by atoms with E-state index in [1.54, 1.807) is 0 Å². The fourth-order valence-corrected chi connectivity index (χ4v) is 1.29. The van der Waals surface area contributed by atoms with Crippen molar-refractivity contribution in [1.82, 2.24) is 0 Å². The summed E-state index contributed by atoms with van der Waals surface area (Å²) in [5.74, 6) is 0. The molecule has 0 bridgehead atoms. The summed E-state index contributed by atoms with van der Waals surface area (Å²) in [7, 11) is 0. The quantitative estimate of drug-likeness (QED) is 0.180. The monoisotopic (exact) mass is 241 g/mol. The number of halogens is 1. The third-order valence-corrected chi connectivity index (χ3v) is 2.02. The maximum absolute atomic E-state index is 5.10. The third kappa shape index (κ3) is 4.38. The molecule has 0 aliphatic carbocycles. The van der Waals surface area contributed by atoms with Gasteiger partial charge < -0.3 is 0 Å². The van der Waals surface area contributed by atoms with Crippen molar-refractivity contribution in [2.24, 2.45) is 10.2 Å². The van der Waals surface area contributed by atoms with E-state index in [1.807, 2.05) is 6.92 Å². The van der Waals surface area contributed by atoms with Gasteiger partial charge >= 0.3 is 65.2 Å². The van der Waals surface area contributed by atoms with Crippen LogP contribution in [0.1, 0.15) is 6.92 Å². The second-order valence-electron chi connectivity index (χ2n) is 1.12. The first-order chi connectivity index (χ1) is 4.35. The molecule has 0 aliphatic rings. The zero-order chi connectivity index (χ0) is 7.11. The van der Waals surface area contributed by atoms with Gasteiger partial charge in [-0.15, -0.1) is 0 Å². The van der Waals surface area contributed by atoms with E-state index < -0.39 is 0 Å². The van der Waals surface area contributed by atoms with E-state index >= 15 is 0 Å². The number of alkyl halides is 1. The molecule has 0 radical (unpaired) electrons. The summed E-state index contributed by atoms with van der Waals surface area (Å²) in [6.45, 7) is 5.83. The van der Waals surface area contributed by atoms with Crippen molar-refractivity contribution in [2.45, 2.75) is 6.92 Å². The van der Waals surface area contributed by atoms with Crippen molar-refractivity contribution in [1.29, 1.82) is 0 Å². The summed E-state index contributed by atoms with van der Waals surface area (Å²) in [6, 6.07) is 0. The molecule has 3 nitrogen and oxygen atoms in total. The third-order valence-electron chi connectivity index (χ3n) is 0.574. The van der Waals surface area contributed by atoms with Crippen LogP contribution < -0.4 is 21.2 Å². The maximum atomic E-state index is 5.10. The molecule has 9 heavy (non-hydrogen) atoms. The van der Waals surface area contributed by atoms with Gasteiger partial charge in [-0.1, -0.05) is 0 Å². The number of hydrogen-bond donors (Lipinski definition) is 0. The number of nitrogens with zero attached hydrogens (tertiary/aromatic N) is 2. The van der Waals surface area contributed by atoms with Crippen LogP contribution in [0.25, 0.3) is 0 Å². The standard InChI is InChI=1S/C5H10IN2O/c1-4-9-5(6-2)8-7-3/h3-4H2,1-2H3/q-1/b8-5+. The molecule has 0 aromatic carbocycles. The van der Waals surface area contributed by atoms with E-state index in [2.05, 4.69) is 21.9 Å². The summed E-state index contributed by atoms with van der Waals surface area (Å²) >= 11 is -0.0773. The van der Waals surface area contributed by atoms with Gasteiger partial charge in [-0.25, -0.2) is 0 Å². The Balaban J connectivity index is 3.66. The Kier molecular flexibility index (Phi) is 5.91. The molecule has 0 fully saturated rings. The molecule has 0 heterocycles. The Bertz CT molecular complexity index is 114. The van der Waals surface area contributed by atoms with Gasteiger partial charge in [0.1, 0.15) is 0 Å². The molecule has 0 aromatic heterocycles. The first-order valence-corrected chi connectivity index (χ1v) is 5.74. The minimum atomic E-state index is -0.0773. The van der Waals surface area contributed by atoms with E-state index in [1.165, 1.54) is 0 Å². The Morgan fingerprint density at radius 1 is 1.78 bits per heavy atom. The second kappa shape index (κ2) is 6.00. The fraction of sp³-hybridized carbons (Fsp3) is 0.600. The van der Waals surface area contributed by atoms with Gasteiger partial charge in [0.2, 0.25) is 0 Å². The molecule has 0 rings (SSSR count). The zero-order valence-electron chi connectivity index (χ0n) is 5.59. The Morgan fingerprint density at radius 3 is 2.78 bits per heavy atom. The van der Waals surface area contributed by atoms with Crippen LogP contribution in [-0.4, -0.2) is 22.2 Å². The van der Waals surface area contributed by atoms with Crippen LogP contribution in [-0.2, 0) is 4.74 Å². The predicted molar refractivity (Wildman–Crippen MR) is 34.5 cm³/mol. The molecule has 0 N–H and O–H groups in total. The summed E-state index contributed by atoms with van der Waals surface area (Å²) in [4.78, 5) is 2.07. The van der Waals surface area contributed by atoms with E-state index in [0.29, 0.717) is 6.61 Å². The van der Waals surface area contributed by atoms with Crippen LogP contribution in [0, 0.1) is 0 Å². The van der Waals surface area contributed by atoms with Crippen molar-refractivity contribution in [3.63, 3.8) is 0 Å². The topological polar surface area (TPSA) is 34.0 Å². The molecule has 0 amide bonds. The molecule has 0 saturated heterocycles. The second-order valence-corrected chi connectivity index (χ2v) is 3.12. The van der Waals surface area contributed by atoms with Gasteiger partial charge in [0.25, 0.3) is 0 Å². The summed E-state index contributed by atoms with van der Waals surface area (Å²) < 4.78 is 5.85. The number of ether oxygens (including phenoxy) is 1. The van der Waals surface area contributed by atoms with Crippen LogP contribution in [0.15, 0.2) is 10.2 Å². The van der Waals surface area contributed by atoms with Crippen molar-refractivity contribution in [3.8, 4) is 0 Å². The van der Waals surface area contributed by atoms with Crippen LogP contribution in [0.5, 0.6) is 0 Å². The first kappa shape index (κ1) is 8.87. The average Bonchev–Trinajstić information content (AvgIpc) is 1.88. The van der Waals surface area contributed by atoms with Gasteiger partial charge in [0.15, 0.2) is 0 Å². The van der Waals surface area contributed by atoms with Gasteiger partial charge in [0.05, 0.1) is 0 Å². The van der Waals surface area contributed by atoms with Crippen LogP contribution in [0.2, 0.25) is 0 Å². The normalized spacial score (nSPS) is 11.6. The molecular formula is C5H10IN2O-. The van der Waals surface area contributed by atoms with E-state index in [0.717, 1.165) is 3.90 Å². The molecule has 0 spiro atoms. The van der Waals surface area contributed by atoms with E-state index in [9.17, 15) is 0 Å². The first-order valence-electron chi connectivity index (χ1n) is 2.51. The van der Waals surface area contributed by atoms with Crippen molar-refractivity contribution < 1.29 is 25.9 Å². The molecule has 0 aliphatic heterocycles. The molecule has 54 valence electrons. The predicted octanol–water partition coefficient (Wildman–Crippen LogP) is -2.29. The fourth-order valence-electron chi connectivity index (χ4n) is 0.296.